The van der Waals surface area contributed by atoms with Crippen molar-refractivity contribution in [3.05, 3.63) is 52.9 Å². The van der Waals surface area contributed by atoms with Gasteiger partial charge in [-0.05, 0) is 18.2 Å². The SMILES string of the molecule is COc1cccc(N2C[C@H](C(=O)NCCn3ncccc3=O)CC2=O)c1. The standard InChI is InChI=1S/C18H20N4O4/c1-26-15-5-2-4-14(11-15)21-12-13(10-17(21)24)18(25)19-8-9-22-16(23)6-3-7-20-22/h2-7,11,13H,8-10,12H2,1H3,(H,19,25)/t13-/m1/s1. The molecule has 1 saturated heterocycles. The van der Waals surface area contributed by atoms with Crippen molar-refractivity contribution >= 4 is 17.5 Å². The molecule has 1 aromatic carbocycles. The van der Waals surface area contributed by atoms with Crippen molar-refractivity contribution in [3.63, 3.8) is 0 Å². The number of nitrogens with one attached hydrogen (secondary N) is 1. The number of methoxy groups -OCH3 is 1. The molecule has 0 aliphatic carbocycles. The fourth-order valence-electron chi connectivity index (χ4n) is 2.90. The molecule has 8 heteroatoms. The number of aromatic nitrogens is 2. The zero-order valence-electron chi connectivity index (χ0n) is 14.4. The summed E-state index contributed by atoms with van der Waals surface area (Å²) in [6.07, 6.45) is 1.68. The minimum absolute atomic E-state index is 0.0978. The van der Waals surface area contributed by atoms with Crippen LogP contribution in [-0.2, 0) is 16.1 Å². The number of hydrogen-bond acceptors (Lipinski definition) is 5. The zero-order valence-corrected chi connectivity index (χ0v) is 14.4. The maximum atomic E-state index is 12.3. The van der Waals surface area contributed by atoms with E-state index in [0.29, 0.717) is 18.0 Å². The van der Waals surface area contributed by atoms with E-state index in [2.05, 4.69) is 10.4 Å². The Labute approximate surface area is 150 Å². The Kier molecular flexibility index (Phi) is 5.31. The molecule has 0 spiro atoms. The first-order valence-corrected chi connectivity index (χ1v) is 8.33. The van der Waals surface area contributed by atoms with Crippen molar-refractivity contribution < 1.29 is 14.3 Å². The van der Waals surface area contributed by atoms with Crippen LogP contribution < -0.4 is 20.5 Å². The van der Waals surface area contributed by atoms with Gasteiger partial charge in [-0.1, -0.05) is 6.07 Å². The van der Waals surface area contributed by atoms with Gasteiger partial charge in [0, 0.05) is 43.5 Å². The topological polar surface area (TPSA) is 93.5 Å². The third kappa shape index (κ3) is 3.90. The number of hydrogen-bond donors (Lipinski definition) is 1. The number of nitrogens with zero attached hydrogens (tertiary/aromatic N) is 3. The Bertz CT molecular complexity index is 864. The summed E-state index contributed by atoms with van der Waals surface area (Å²) in [7, 11) is 1.56. The van der Waals surface area contributed by atoms with Crippen LogP contribution in [0, 0.1) is 5.92 Å². The summed E-state index contributed by atoms with van der Waals surface area (Å²) < 4.78 is 6.46. The van der Waals surface area contributed by atoms with Crippen molar-refractivity contribution in [1.82, 2.24) is 15.1 Å². The van der Waals surface area contributed by atoms with E-state index in [4.69, 9.17) is 4.74 Å². The van der Waals surface area contributed by atoms with Crippen LogP contribution in [0.2, 0.25) is 0 Å². The van der Waals surface area contributed by atoms with Crippen molar-refractivity contribution in [2.75, 3.05) is 25.1 Å². The highest BCUT2D eigenvalue weighted by molar-refractivity contribution is 6.00. The third-order valence-electron chi connectivity index (χ3n) is 4.27. The van der Waals surface area contributed by atoms with Crippen LogP contribution in [0.1, 0.15) is 6.42 Å². The van der Waals surface area contributed by atoms with E-state index in [1.807, 2.05) is 6.07 Å². The molecule has 0 radical (unpaired) electrons. The van der Waals surface area contributed by atoms with E-state index in [1.54, 1.807) is 36.3 Å². The molecule has 0 bridgehead atoms. The Balaban J connectivity index is 1.57. The molecule has 136 valence electrons. The number of carbonyl (C=O) groups excluding carboxylic acids is 2. The molecule has 1 aromatic heterocycles. The second kappa shape index (κ2) is 7.81. The van der Waals surface area contributed by atoms with Crippen LogP contribution in [0.4, 0.5) is 5.69 Å². The highest BCUT2D eigenvalue weighted by Crippen LogP contribution is 2.27. The molecule has 2 amide bonds. The van der Waals surface area contributed by atoms with Crippen LogP contribution >= 0.6 is 0 Å². The van der Waals surface area contributed by atoms with Gasteiger partial charge in [0.05, 0.1) is 19.6 Å². The first-order chi connectivity index (χ1) is 12.6. The smallest absolute Gasteiger partial charge is 0.266 e. The fraction of sp³-hybridized carbons (Fsp3) is 0.333. The summed E-state index contributed by atoms with van der Waals surface area (Å²) in [6, 6.07) is 10.2. The lowest BCUT2D eigenvalue weighted by atomic mass is 10.1. The van der Waals surface area contributed by atoms with Gasteiger partial charge in [-0.15, -0.1) is 0 Å². The van der Waals surface area contributed by atoms with E-state index in [1.165, 1.54) is 16.9 Å². The lowest BCUT2D eigenvalue weighted by Gasteiger charge is -2.17. The number of anilines is 1. The first-order valence-electron chi connectivity index (χ1n) is 8.33. The Morgan fingerprint density at radius 1 is 1.31 bits per heavy atom. The van der Waals surface area contributed by atoms with Crippen molar-refractivity contribution in [2.45, 2.75) is 13.0 Å². The van der Waals surface area contributed by atoms with Gasteiger partial charge in [-0.25, -0.2) is 4.68 Å². The highest BCUT2D eigenvalue weighted by Gasteiger charge is 2.35. The number of benzene rings is 1. The molecule has 1 fully saturated rings. The summed E-state index contributed by atoms with van der Waals surface area (Å²) >= 11 is 0. The van der Waals surface area contributed by atoms with Gasteiger partial charge in [0.2, 0.25) is 11.8 Å². The second-order valence-corrected chi connectivity index (χ2v) is 5.98. The summed E-state index contributed by atoms with van der Waals surface area (Å²) in [4.78, 5) is 37.8. The predicted molar refractivity (Wildman–Crippen MR) is 95.0 cm³/mol. The molecule has 0 unspecified atom stereocenters. The van der Waals surface area contributed by atoms with Crippen molar-refractivity contribution in [3.8, 4) is 5.75 Å². The summed E-state index contributed by atoms with van der Waals surface area (Å²) in [5, 5.41) is 6.70. The first kappa shape index (κ1) is 17.7. The van der Waals surface area contributed by atoms with Gasteiger partial charge in [0.15, 0.2) is 0 Å². The molecule has 1 aliphatic rings. The van der Waals surface area contributed by atoms with Gasteiger partial charge in [0.25, 0.3) is 5.56 Å². The third-order valence-corrected chi connectivity index (χ3v) is 4.27. The second-order valence-electron chi connectivity index (χ2n) is 5.98. The Morgan fingerprint density at radius 2 is 2.15 bits per heavy atom. The van der Waals surface area contributed by atoms with Crippen LogP contribution in [-0.4, -0.2) is 41.8 Å². The minimum Gasteiger partial charge on any atom is -0.497 e. The van der Waals surface area contributed by atoms with Crippen LogP contribution in [0.5, 0.6) is 5.75 Å². The summed E-state index contributed by atoms with van der Waals surface area (Å²) in [5.74, 6) is -0.0646. The normalized spacial score (nSPS) is 16.6. The summed E-state index contributed by atoms with van der Waals surface area (Å²) in [6.45, 7) is 0.882. The lowest BCUT2D eigenvalue weighted by Crippen LogP contribution is -2.36. The van der Waals surface area contributed by atoms with E-state index in [-0.39, 0.29) is 36.9 Å². The molecule has 3 rings (SSSR count). The predicted octanol–water partition coefficient (Wildman–Crippen LogP) is 0.421. The molecular formula is C18H20N4O4. The van der Waals surface area contributed by atoms with E-state index < -0.39 is 5.92 Å². The molecule has 8 nitrogen and oxygen atoms in total. The number of ether oxygens (including phenoxy) is 1. The maximum absolute atomic E-state index is 12.3. The fourth-order valence-corrected chi connectivity index (χ4v) is 2.90. The zero-order chi connectivity index (χ0) is 18.5. The molecule has 2 aromatic rings. The van der Waals surface area contributed by atoms with Crippen molar-refractivity contribution in [2.24, 2.45) is 5.92 Å². The lowest BCUT2D eigenvalue weighted by molar-refractivity contribution is -0.126. The van der Waals surface area contributed by atoms with Crippen LogP contribution in [0.25, 0.3) is 0 Å². The van der Waals surface area contributed by atoms with Crippen LogP contribution in [0.15, 0.2) is 47.4 Å². The van der Waals surface area contributed by atoms with Gasteiger partial charge < -0.3 is 15.0 Å². The monoisotopic (exact) mass is 356 g/mol. The van der Waals surface area contributed by atoms with Gasteiger partial charge in [-0.3, -0.25) is 14.4 Å². The highest BCUT2D eigenvalue weighted by atomic mass is 16.5. The quantitative estimate of drug-likeness (QED) is 0.810. The molecule has 1 atom stereocenters. The van der Waals surface area contributed by atoms with Crippen LogP contribution in [0.3, 0.4) is 0 Å². The number of rotatable bonds is 6. The number of carbonyl (C=O) groups is 2. The molecular weight excluding hydrogens is 336 g/mol. The molecule has 2 heterocycles. The molecule has 1 N–H and O–H groups in total. The Morgan fingerprint density at radius 3 is 2.92 bits per heavy atom. The molecule has 1 aliphatic heterocycles. The van der Waals surface area contributed by atoms with E-state index in [0.717, 1.165) is 0 Å². The van der Waals surface area contributed by atoms with Crippen molar-refractivity contribution in [1.29, 1.82) is 0 Å². The molecule has 26 heavy (non-hydrogen) atoms. The van der Waals surface area contributed by atoms with Gasteiger partial charge in [-0.2, -0.15) is 5.10 Å². The largest absolute Gasteiger partial charge is 0.497 e. The Hall–Kier alpha value is -3.16. The average molecular weight is 356 g/mol. The molecule has 0 saturated carbocycles. The summed E-state index contributed by atoms with van der Waals surface area (Å²) in [5.41, 5.74) is 0.492. The van der Waals surface area contributed by atoms with E-state index >= 15 is 0 Å². The van der Waals surface area contributed by atoms with Gasteiger partial charge >= 0.3 is 0 Å². The minimum atomic E-state index is -0.422. The van der Waals surface area contributed by atoms with E-state index in [9.17, 15) is 14.4 Å². The maximum Gasteiger partial charge on any atom is 0.266 e. The van der Waals surface area contributed by atoms with Gasteiger partial charge in [0.1, 0.15) is 5.75 Å². The number of amides is 2. The average Bonchev–Trinajstić information content (AvgIpc) is 3.05.